The molecule has 0 unspecified atom stereocenters. The lowest BCUT2D eigenvalue weighted by Crippen LogP contribution is -1.91. The Balaban J connectivity index is 2.10. The normalized spacial score (nSPS) is 18.8. The van der Waals surface area contributed by atoms with Gasteiger partial charge in [0.1, 0.15) is 0 Å². The molecule has 0 radical (unpaired) electrons. The summed E-state index contributed by atoms with van der Waals surface area (Å²) in [5.41, 5.74) is 1.27. The van der Waals surface area contributed by atoms with E-state index in [0.29, 0.717) is 0 Å². The minimum Gasteiger partial charge on any atom is -0.148 e. The Labute approximate surface area is 91.4 Å². The molecule has 1 aliphatic carbocycles. The van der Waals surface area contributed by atoms with Gasteiger partial charge >= 0.3 is 0 Å². The Kier molecular flexibility index (Phi) is 3.30. The van der Waals surface area contributed by atoms with Gasteiger partial charge in [0.05, 0.1) is 0 Å². The van der Waals surface area contributed by atoms with E-state index in [1.807, 2.05) is 6.07 Å². The first-order chi connectivity index (χ1) is 6.86. The summed E-state index contributed by atoms with van der Waals surface area (Å²) in [5.74, 6) is 0.721. The number of hydrogen-bond donors (Lipinski definition) is 1. The largest absolute Gasteiger partial charge is 0.148 e. The third-order valence-electron chi connectivity index (χ3n) is 2.89. The van der Waals surface area contributed by atoms with Crippen LogP contribution in [0, 0.1) is 5.92 Å². The monoisotopic (exact) mass is 204 g/mol. The Morgan fingerprint density at radius 2 is 1.79 bits per heavy atom. The van der Waals surface area contributed by atoms with Crippen LogP contribution in [0.1, 0.15) is 31.2 Å². The number of allylic oxidation sites excluding steroid dienone is 1. The molecule has 0 heterocycles. The maximum absolute atomic E-state index is 4.60. The summed E-state index contributed by atoms with van der Waals surface area (Å²) in [5, 5.41) is 0. The van der Waals surface area contributed by atoms with Gasteiger partial charge in [-0.2, -0.15) is 0 Å². The number of hydrogen-bond acceptors (Lipinski definition) is 1. The van der Waals surface area contributed by atoms with Crippen molar-refractivity contribution in [3.05, 3.63) is 40.8 Å². The third-order valence-corrected chi connectivity index (χ3v) is 3.38. The highest BCUT2D eigenvalue weighted by Gasteiger charge is 2.16. The van der Waals surface area contributed by atoms with E-state index < -0.39 is 0 Å². The van der Waals surface area contributed by atoms with Gasteiger partial charge in [-0.15, -0.1) is 12.6 Å². The fraction of sp³-hybridized carbons (Fsp3) is 0.385. The first-order valence-corrected chi connectivity index (χ1v) is 5.76. The molecule has 0 spiro atoms. The molecule has 0 bridgehead atoms. The first kappa shape index (κ1) is 9.85. The van der Waals surface area contributed by atoms with Gasteiger partial charge in [0, 0.05) is 0 Å². The fourth-order valence-electron chi connectivity index (χ4n) is 2.06. The lowest BCUT2D eigenvalue weighted by atomic mass is 10.1. The highest BCUT2D eigenvalue weighted by atomic mass is 32.1. The number of thiol groups is 1. The molecule has 0 N–H and O–H groups in total. The van der Waals surface area contributed by atoms with Gasteiger partial charge in [-0.05, 0) is 35.3 Å². The van der Waals surface area contributed by atoms with E-state index in [0.717, 1.165) is 5.92 Å². The highest BCUT2D eigenvalue weighted by Crippen LogP contribution is 2.33. The molecule has 0 aliphatic heterocycles. The van der Waals surface area contributed by atoms with Crippen LogP contribution in [0.2, 0.25) is 0 Å². The highest BCUT2D eigenvalue weighted by molar-refractivity contribution is 7.84. The van der Waals surface area contributed by atoms with Crippen LogP contribution in [0.3, 0.4) is 0 Å². The Morgan fingerprint density at radius 1 is 1.14 bits per heavy atom. The van der Waals surface area contributed by atoms with Crippen molar-refractivity contribution in [3.63, 3.8) is 0 Å². The first-order valence-electron chi connectivity index (χ1n) is 5.32. The average molecular weight is 204 g/mol. The standard InChI is InChI=1S/C13H16S/c14-13(12-8-4-5-9-12)10-11-6-2-1-3-7-11/h1-3,6-7,10,12,14H,4-5,8-9H2. The van der Waals surface area contributed by atoms with Crippen LogP contribution in [0.15, 0.2) is 35.2 Å². The van der Waals surface area contributed by atoms with Crippen LogP contribution in [-0.2, 0) is 0 Å². The molecule has 0 nitrogen and oxygen atoms in total. The smallest absolute Gasteiger partial charge is 0.0104 e. The molecule has 0 amide bonds. The number of benzene rings is 1. The van der Waals surface area contributed by atoms with Crippen LogP contribution < -0.4 is 0 Å². The summed E-state index contributed by atoms with van der Waals surface area (Å²) < 4.78 is 0. The zero-order valence-electron chi connectivity index (χ0n) is 8.32. The molecule has 14 heavy (non-hydrogen) atoms. The van der Waals surface area contributed by atoms with Crippen LogP contribution in [0.4, 0.5) is 0 Å². The van der Waals surface area contributed by atoms with Crippen LogP contribution >= 0.6 is 12.6 Å². The molecule has 2 rings (SSSR count). The van der Waals surface area contributed by atoms with Crippen molar-refractivity contribution in [2.24, 2.45) is 5.92 Å². The quantitative estimate of drug-likeness (QED) is 0.687. The minimum absolute atomic E-state index is 0.721. The molecule has 74 valence electrons. The molecule has 1 saturated carbocycles. The van der Waals surface area contributed by atoms with Crippen LogP contribution in [-0.4, -0.2) is 0 Å². The van der Waals surface area contributed by atoms with E-state index in [2.05, 4.69) is 43.0 Å². The molecule has 1 aliphatic rings. The summed E-state index contributed by atoms with van der Waals surface area (Å²) in [6, 6.07) is 10.4. The molecule has 0 aromatic heterocycles. The maximum Gasteiger partial charge on any atom is -0.0104 e. The van der Waals surface area contributed by atoms with Crippen molar-refractivity contribution in [1.29, 1.82) is 0 Å². The van der Waals surface area contributed by atoms with E-state index in [9.17, 15) is 0 Å². The fourth-order valence-corrected chi connectivity index (χ4v) is 2.47. The minimum atomic E-state index is 0.721. The third kappa shape index (κ3) is 2.42. The van der Waals surface area contributed by atoms with E-state index in [1.165, 1.54) is 36.2 Å². The van der Waals surface area contributed by atoms with E-state index >= 15 is 0 Å². The summed E-state index contributed by atoms with van der Waals surface area (Å²) in [6.07, 6.45) is 7.60. The summed E-state index contributed by atoms with van der Waals surface area (Å²) in [6.45, 7) is 0. The van der Waals surface area contributed by atoms with Crippen LogP contribution in [0.25, 0.3) is 6.08 Å². The zero-order valence-corrected chi connectivity index (χ0v) is 9.21. The predicted molar refractivity (Wildman–Crippen MR) is 65.4 cm³/mol. The molecule has 0 saturated heterocycles. The number of rotatable bonds is 2. The van der Waals surface area contributed by atoms with Crippen molar-refractivity contribution >= 4 is 18.7 Å². The van der Waals surface area contributed by atoms with Crippen molar-refractivity contribution in [2.75, 3.05) is 0 Å². The van der Waals surface area contributed by atoms with Gasteiger partial charge in [-0.3, -0.25) is 0 Å². The van der Waals surface area contributed by atoms with Gasteiger partial charge in [0.2, 0.25) is 0 Å². The van der Waals surface area contributed by atoms with Gasteiger partial charge in [0.15, 0.2) is 0 Å². The Morgan fingerprint density at radius 3 is 2.43 bits per heavy atom. The second-order valence-corrected chi connectivity index (χ2v) is 4.48. The lowest BCUT2D eigenvalue weighted by molar-refractivity contribution is 0.679. The van der Waals surface area contributed by atoms with Crippen molar-refractivity contribution in [3.8, 4) is 0 Å². The predicted octanol–water partition coefficient (Wildman–Crippen LogP) is 4.15. The zero-order chi connectivity index (χ0) is 9.80. The molecule has 1 aromatic rings. The van der Waals surface area contributed by atoms with E-state index in [-0.39, 0.29) is 0 Å². The molecule has 0 atom stereocenters. The summed E-state index contributed by atoms with van der Waals surface area (Å²) in [4.78, 5) is 1.26. The molecular weight excluding hydrogens is 188 g/mol. The second-order valence-electron chi connectivity index (χ2n) is 3.96. The van der Waals surface area contributed by atoms with Crippen molar-refractivity contribution < 1.29 is 0 Å². The van der Waals surface area contributed by atoms with Crippen molar-refractivity contribution in [2.45, 2.75) is 25.7 Å². The SMILES string of the molecule is SC(=Cc1ccccc1)C1CCCC1. The molecule has 1 fully saturated rings. The topological polar surface area (TPSA) is 0 Å². The van der Waals surface area contributed by atoms with E-state index in [4.69, 9.17) is 0 Å². The summed E-state index contributed by atoms with van der Waals surface area (Å²) in [7, 11) is 0. The average Bonchev–Trinajstić information content (AvgIpc) is 2.72. The molecule has 1 heteroatoms. The van der Waals surface area contributed by atoms with E-state index in [1.54, 1.807) is 0 Å². The van der Waals surface area contributed by atoms with Crippen LogP contribution in [0.5, 0.6) is 0 Å². The van der Waals surface area contributed by atoms with Gasteiger partial charge in [-0.1, -0.05) is 43.2 Å². The second kappa shape index (κ2) is 4.70. The maximum atomic E-state index is 4.60. The lowest BCUT2D eigenvalue weighted by Gasteiger charge is -2.08. The van der Waals surface area contributed by atoms with Gasteiger partial charge in [0.25, 0.3) is 0 Å². The molecule has 1 aromatic carbocycles. The molecular formula is C13H16S. The van der Waals surface area contributed by atoms with Gasteiger partial charge < -0.3 is 0 Å². The van der Waals surface area contributed by atoms with Gasteiger partial charge in [-0.25, -0.2) is 0 Å². The summed E-state index contributed by atoms with van der Waals surface area (Å²) >= 11 is 4.60. The van der Waals surface area contributed by atoms with Crippen molar-refractivity contribution in [1.82, 2.24) is 0 Å². The Bertz CT molecular complexity index is 307. The Hall–Kier alpha value is -0.690.